The lowest BCUT2D eigenvalue weighted by molar-refractivity contribution is 0.698. The highest BCUT2D eigenvalue weighted by molar-refractivity contribution is 7.56. The summed E-state index contributed by atoms with van der Waals surface area (Å²) in [5.74, 6) is 0. The molecule has 2 N–H and O–H groups in total. The van der Waals surface area contributed by atoms with E-state index in [1.54, 1.807) is 24.3 Å². The van der Waals surface area contributed by atoms with Crippen molar-refractivity contribution in [3.63, 3.8) is 0 Å². The number of para-hydroxylation sites is 1. The molecule has 0 fully saturated rings. The van der Waals surface area contributed by atoms with Crippen molar-refractivity contribution in [2.24, 2.45) is 0 Å². The molecular formula is C8H6N2O2S. The van der Waals surface area contributed by atoms with Crippen molar-refractivity contribution in [3.05, 3.63) is 39.4 Å². The molecule has 0 aliphatic rings. The fourth-order valence-corrected chi connectivity index (χ4v) is 1.44. The quantitative estimate of drug-likeness (QED) is 0.603. The number of nitrogens with one attached hydrogen (secondary N) is 2. The van der Waals surface area contributed by atoms with E-state index in [1.165, 1.54) is 0 Å². The molecule has 0 aliphatic heterocycles. The van der Waals surface area contributed by atoms with Gasteiger partial charge in [0.2, 0.25) is 4.77 Å². The molecule has 1 aromatic carbocycles. The first kappa shape index (κ1) is 8.00. The summed E-state index contributed by atoms with van der Waals surface area (Å²) in [5.41, 5.74) is 0.428. The van der Waals surface area contributed by atoms with E-state index in [4.69, 9.17) is 0 Å². The molecule has 1 aromatic heterocycles. The van der Waals surface area contributed by atoms with Gasteiger partial charge in [0.1, 0.15) is 11.3 Å². The third kappa shape index (κ3) is 1.33. The molecule has 66 valence electrons. The Morgan fingerprint density at radius 1 is 1.15 bits per heavy atom. The zero-order valence-corrected chi connectivity index (χ0v) is 7.35. The van der Waals surface area contributed by atoms with Gasteiger partial charge in [0.05, 0.1) is 10.9 Å². The smallest absolute Gasteiger partial charge is 0.259 e. The second kappa shape index (κ2) is 3.02. The highest BCUT2D eigenvalue weighted by atomic mass is 32.1. The van der Waals surface area contributed by atoms with Crippen LogP contribution in [0.3, 0.4) is 0 Å². The molecule has 0 saturated heterocycles. The topological polar surface area (TPSA) is 65.7 Å². The normalized spacial score (nSPS) is 10.2. The van der Waals surface area contributed by atoms with Gasteiger partial charge in [-0.25, -0.2) is 4.21 Å². The summed E-state index contributed by atoms with van der Waals surface area (Å²) in [7, 11) is 0. The van der Waals surface area contributed by atoms with E-state index >= 15 is 0 Å². The number of aromatic nitrogens is 2. The number of H-pyrrole nitrogens is 2. The van der Waals surface area contributed by atoms with E-state index in [2.05, 4.69) is 9.97 Å². The van der Waals surface area contributed by atoms with Crippen LogP contribution >= 0.6 is 0 Å². The molecule has 5 heteroatoms. The molecule has 0 unspecified atom stereocenters. The van der Waals surface area contributed by atoms with E-state index in [9.17, 15) is 9.00 Å². The standard InChI is InChI=1S/C8H6N2O2S/c11-7-5-3-1-2-4-6(5)9-8(10-7)13-12/h1-4,9H,(H,10,11). The van der Waals surface area contributed by atoms with Crippen LogP contribution in [-0.2, 0) is 11.3 Å². The SMILES string of the molecule is O=S=c1[nH]c(=O)c2ccccc2[nH]1. The number of hydrogen-bond acceptors (Lipinski definition) is 2. The lowest BCUT2D eigenvalue weighted by atomic mass is 10.2. The summed E-state index contributed by atoms with van der Waals surface area (Å²) < 4.78 is 10.7. The largest absolute Gasteiger partial charge is 0.330 e. The van der Waals surface area contributed by atoms with Crippen LogP contribution in [-0.4, -0.2) is 14.2 Å². The number of fused-ring (bicyclic) bond motifs is 1. The Labute approximate surface area is 76.3 Å². The molecule has 0 aliphatic carbocycles. The van der Waals surface area contributed by atoms with Gasteiger partial charge in [0.15, 0.2) is 0 Å². The van der Waals surface area contributed by atoms with Gasteiger partial charge in [-0.1, -0.05) is 12.1 Å². The zero-order chi connectivity index (χ0) is 9.26. The average molecular weight is 194 g/mol. The molecule has 0 saturated carbocycles. The van der Waals surface area contributed by atoms with Gasteiger partial charge in [0, 0.05) is 0 Å². The van der Waals surface area contributed by atoms with E-state index in [-0.39, 0.29) is 21.6 Å². The van der Waals surface area contributed by atoms with Crippen molar-refractivity contribution in [1.82, 2.24) is 9.97 Å². The summed E-state index contributed by atoms with van der Waals surface area (Å²) in [6, 6.07) is 7.03. The van der Waals surface area contributed by atoms with Crippen molar-refractivity contribution < 1.29 is 4.21 Å². The van der Waals surface area contributed by atoms with Gasteiger partial charge in [0.25, 0.3) is 5.56 Å². The van der Waals surface area contributed by atoms with Crippen molar-refractivity contribution in [2.75, 3.05) is 0 Å². The minimum Gasteiger partial charge on any atom is -0.330 e. The Kier molecular flexibility index (Phi) is 1.86. The molecule has 2 rings (SSSR count). The molecule has 1 heterocycles. The van der Waals surface area contributed by atoms with Crippen LogP contribution < -0.4 is 5.56 Å². The average Bonchev–Trinajstić information content (AvgIpc) is 2.18. The number of rotatable bonds is 0. The summed E-state index contributed by atoms with van der Waals surface area (Å²) in [6.45, 7) is 0. The third-order valence-corrected chi connectivity index (χ3v) is 2.10. The summed E-state index contributed by atoms with van der Waals surface area (Å²) >= 11 is 0.237. The first-order chi connectivity index (χ1) is 6.31. The monoisotopic (exact) mass is 194 g/mol. The maximum Gasteiger partial charge on any atom is 0.259 e. The van der Waals surface area contributed by atoms with Crippen LogP contribution in [0.2, 0.25) is 0 Å². The molecule has 13 heavy (non-hydrogen) atoms. The molecule has 2 aromatic rings. The molecular weight excluding hydrogens is 188 g/mol. The Morgan fingerprint density at radius 3 is 2.69 bits per heavy atom. The van der Waals surface area contributed by atoms with Gasteiger partial charge < -0.3 is 4.98 Å². The Bertz CT molecular complexity index is 593. The summed E-state index contributed by atoms with van der Waals surface area (Å²) in [5, 5.41) is 0.556. The van der Waals surface area contributed by atoms with Crippen molar-refractivity contribution >= 4 is 22.2 Å². The van der Waals surface area contributed by atoms with Crippen LogP contribution in [0.15, 0.2) is 29.1 Å². The van der Waals surface area contributed by atoms with Crippen molar-refractivity contribution in [1.29, 1.82) is 0 Å². The minimum absolute atomic E-state index is 0.226. The maximum absolute atomic E-state index is 11.3. The Balaban J connectivity index is 3.10. The van der Waals surface area contributed by atoms with Crippen LogP contribution in [0, 0.1) is 4.77 Å². The number of hydrogen-bond donors (Lipinski definition) is 2. The van der Waals surface area contributed by atoms with Crippen molar-refractivity contribution in [2.45, 2.75) is 0 Å². The van der Waals surface area contributed by atoms with Crippen LogP contribution in [0.25, 0.3) is 10.9 Å². The summed E-state index contributed by atoms with van der Waals surface area (Å²) in [4.78, 5) is 16.6. The molecule has 0 radical (unpaired) electrons. The lowest BCUT2D eigenvalue weighted by Crippen LogP contribution is -2.07. The third-order valence-electron chi connectivity index (χ3n) is 1.73. The molecule has 4 nitrogen and oxygen atoms in total. The zero-order valence-electron chi connectivity index (χ0n) is 6.53. The van der Waals surface area contributed by atoms with Gasteiger partial charge in [-0.3, -0.25) is 9.78 Å². The molecule has 0 bridgehead atoms. The first-order valence-corrected chi connectivity index (χ1v) is 4.39. The molecule has 0 amide bonds. The lowest BCUT2D eigenvalue weighted by Gasteiger charge is -1.94. The number of benzene rings is 1. The highest BCUT2D eigenvalue weighted by Crippen LogP contribution is 2.02. The Hall–Kier alpha value is -1.62. The van der Waals surface area contributed by atoms with E-state index in [0.717, 1.165) is 0 Å². The predicted molar refractivity (Wildman–Crippen MR) is 50.3 cm³/mol. The van der Waals surface area contributed by atoms with Gasteiger partial charge >= 0.3 is 0 Å². The fraction of sp³-hybridized carbons (Fsp3) is 0. The second-order valence-electron chi connectivity index (χ2n) is 2.54. The van der Waals surface area contributed by atoms with E-state index in [1.807, 2.05) is 0 Å². The summed E-state index contributed by atoms with van der Waals surface area (Å²) in [6.07, 6.45) is 0. The predicted octanol–water partition coefficient (Wildman–Crippen LogP) is 0.601. The maximum atomic E-state index is 11.3. The van der Waals surface area contributed by atoms with Gasteiger partial charge in [-0.15, -0.1) is 0 Å². The Morgan fingerprint density at radius 2 is 1.92 bits per heavy atom. The molecule has 0 atom stereocenters. The van der Waals surface area contributed by atoms with Crippen LogP contribution in [0.5, 0.6) is 0 Å². The number of aromatic amines is 2. The van der Waals surface area contributed by atoms with Crippen LogP contribution in [0.4, 0.5) is 0 Å². The minimum atomic E-state index is -0.243. The fourth-order valence-electron chi connectivity index (χ4n) is 1.16. The first-order valence-electron chi connectivity index (χ1n) is 3.65. The van der Waals surface area contributed by atoms with Gasteiger partial charge in [-0.2, -0.15) is 0 Å². The van der Waals surface area contributed by atoms with Gasteiger partial charge in [-0.05, 0) is 12.1 Å². The van der Waals surface area contributed by atoms with E-state index in [0.29, 0.717) is 10.9 Å². The van der Waals surface area contributed by atoms with Crippen molar-refractivity contribution in [3.8, 4) is 0 Å². The highest BCUT2D eigenvalue weighted by Gasteiger charge is 1.95. The van der Waals surface area contributed by atoms with Crippen LogP contribution in [0.1, 0.15) is 0 Å². The molecule has 0 spiro atoms. The van der Waals surface area contributed by atoms with E-state index < -0.39 is 0 Å². The second-order valence-corrected chi connectivity index (χ2v) is 3.11.